The summed E-state index contributed by atoms with van der Waals surface area (Å²) in [7, 11) is 2.03. The third-order valence-electron chi connectivity index (χ3n) is 3.88. The van der Waals surface area contributed by atoms with Crippen molar-refractivity contribution < 1.29 is 4.74 Å². The molecule has 1 aromatic heterocycles. The lowest BCUT2D eigenvalue weighted by atomic mass is 9.92. The number of halogens is 1. The van der Waals surface area contributed by atoms with Gasteiger partial charge in [-0.3, -0.25) is 0 Å². The second-order valence-electron chi connectivity index (χ2n) is 5.07. The molecule has 0 saturated carbocycles. The van der Waals surface area contributed by atoms with Crippen molar-refractivity contribution in [1.82, 2.24) is 5.32 Å². The summed E-state index contributed by atoms with van der Waals surface area (Å²) in [5, 5.41) is 5.68. The molecule has 1 aromatic carbocycles. The fourth-order valence-electron chi connectivity index (χ4n) is 2.81. The first-order valence-corrected chi connectivity index (χ1v) is 8.84. The molecular formula is C16H18INOS. The first-order chi connectivity index (χ1) is 9.78. The number of ether oxygens (including phenoxy) is 1. The van der Waals surface area contributed by atoms with Crippen molar-refractivity contribution in [3.63, 3.8) is 0 Å². The normalized spacial score (nSPS) is 19.6. The monoisotopic (exact) mass is 399 g/mol. The van der Waals surface area contributed by atoms with Crippen LogP contribution in [0.3, 0.4) is 0 Å². The number of hydrogen-bond donors (Lipinski definition) is 1. The van der Waals surface area contributed by atoms with Crippen LogP contribution in [0.1, 0.15) is 35.3 Å². The van der Waals surface area contributed by atoms with Gasteiger partial charge in [0.05, 0.1) is 15.6 Å². The summed E-state index contributed by atoms with van der Waals surface area (Å²) in [4.78, 5) is 0. The lowest BCUT2D eigenvalue weighted by molar-refractivity contribution is 0.0298. The van der Waals surface area contributed by atoms with Gasteiger partial charge in [0.1, 0.15) is 0 Å². The van der Waals surface area contributed by atoms with Crippen LogP contribution in [-0.2, 0) is 11.2 Å². The van der Waals surface area contributed by atoms with Gasteiger partial charge in [0.25, 0.3) is 0 Å². The molecule has 2 unspecified atom stereocenters. The van der Waals surface area contributed by atoms with Crippen LogP contribution in [-0.4, -0.2) is 13.7 Å². The first kappa shape index (κ1) is 14.5. The highest BCUT2D eigenvalue weighted by Gasteiger charge is 2.24. The average molecular weight is 399 g/mol. The maximum atomic E-state index is 6.03. The van der Waals surface area contributed by atoms with Crippen LogP contribution >= 0.6 is 33.9 Å². The molecule has 0 aliphatic carbocycles. The molecule has 0 amide bonds. The molecule has 2 atom stereocenters. The Morgan fingerprint density at radius 1 is 1.45 bits per heavy atom. The Morgan fingerprint density at radius 3 is 3.05 bits per heavy atom. The molecule has 1 N–H and O–H groups in total. The van der Waals surface area contributed by atoms with Crippen molar-refractivity contribution in [2.45, 2.75) is 25.0 Å². The predicted molar refractivity (Wildman–Crippen MR) is 92.3 cm³/mol. The first-order valence-electron chi connectivity index (χ1n) is 6.88. The molecule has 0 saturated heterocycles. The van der Waals surface area contributed by atoms with Crippen molar-refractivity contribution in [1.29, 1.82) is 0 Å². The summed E-state index contributed by atoms with van der Waals surface area (Å²) >= 11 is 4.18. The van der Waals surface area contributed by atoms with Gasteiger partial charge in [-0.1, -0.05) is 24.3 Å². The zero-order valence-corrected chi connectivity index (χ0v) is 14.4. The van der Waals surface area contributed by atoms with E-state index < -0.39 is 0 Å². The zero-order chi connectivity index (χ0) is 13.9. The number of hydrogen-bond acceptors (Lipinski definition) is 3. The standard InChI is InChI=1S/C16H18INOS/c1-18-14(12-8-16(17)20-10-12)9-15-13-5-3-2-4-11(13)6-7-19-15/h2-5,8,10,14-15,18H,6-7,9H2,1H3. The van der Waals surface area contributed by atoms with Gasteiger partial charge in [-0.05, 0) is 70.6 Å². The molecule has 2 heterocycles. The van der Waals surface area contributed by atoms with Crippen molar-refractivity contribution in [3.8, 4) is 0 Å². The summed E-state index contributed by atoms with van der Waals surface area (Å²) < 4.78 is 7.36. The van der Waals surface area contributed by atoms with Crippen LogP contribution in [0.2, 0.25) is 0 Å². The third-order valence-corrected chi connectivity index (χ3v) is 5.69. The molecule has 0 bridgehead atoms. The highest BCUT2D eigenvalue weighted by Crippen LogP contribution is 2.35. The summed E-state index contributed by atoms with van der Waals surface area (Å²) in [6, 6.07) is 11.3. The quantitative estimate of drug-likeness (QED) is 0.774. The van der Waals surface area contributed by atoms with E-state index in [0.29, 0.717) is 6.04 Å². The van der Waals surface area contributed by atoms with E-state index in [1.165, 1.54) is 19.6 Å². The van der Waals surface area contributed by atoms with Crippen molar-refractivity contribution in [2.24, 2.45) is 0 Å². The number of thiophene rings is 1. The average Bonchev–Trinajstić information content (AvgIpc) is 2.91. The Labute approximate surface area is 137 Å². The molecular weight excluding hydrogens is 381 g/mol. The minimum Gasteiger partial charge on any atom is -0.373 e. The molecule has 20 heavy (non-hydrogen) atoms. The van der Waals surface area contributed by atoms with Gasteiger partial charge in [0, 0.05) is 6.04 Å². The maximum Gasteiger partial charge on any atom is 0.0845 e. The second-order valence-corrected chi connectivity index (χ2v) is 7.87. The van der Waals surface area contributed by atoms with Crippen molar-refractivity contribution in [2.75, 3.05) is 13.7 Å². The van der Waals surface area contributed by atoms with E-state index in [1.54, 1.807) is 11.3 Å². The van der Waals surface area contributed by atoms with E-state index in [2.05, 4.69) is 63.6 Å². The molecule has 2 aromatic rings. The summed E-state index contributed by atoms with van der Waals surface area (Å²) in [6.45, 7) is 0.833. The van der Waals surface area contributed by atoms with Gasteiger partial charge < -0.3 is 10.1 Å². The van der Waals surface area contributed by atoms with Crippen molar-refractivity contribution >= 4 is 33.9 Å². The molecule has 0 spiro atoms. The molecule has 1 aliphatic rings. The van der Waals surface area contributed by atoms with Gasteiger partial charge in [-0.15, -0.1) is 11.3 Å². The Balaban J connectivity index is 1.80. The summed E-state index contributed by atoms with van der Waals surface area (Å²) in [5.74, 6) is 0. The van der Waals surface area contributed by atoms with Crippen LogP contribution < -0.4 is 5.32 Å². The molecule has 4 heteroatoms. The number of rotatable bonds is 4. The third kappa shape index (κ3) is 3.08. The minimum absolute atomic E-state index is 0.204. The molecule has 2 nitrogen and oxygen atoms in total. The van der Waals surface area contributed by atoms with Crippen LogP contribution in [0.25, 0.3) is 0 Å². The van der Waals surface area contributed by atoms with Gasteiger partial charge in [0.15, 0.2) is 0 Å². The Hall–Kier alpha value is -0.430. The van der Waals surface area contributed by atoms with Gasteiger partial charge in [-0.2, -0.15) is 0 Å². The highest BCUT2D eigenvalue weighted by molar-refractivity contribution is 14.1. The van der Waals surface area contributed by atoms with Crippen LogP contribution in [0.5, 0.6) is 0 Å². The van der Waals surface area contributed by atoms with Crippen LogP contribution in [0.4, 0.5) is 0 Å². The Kier molecular flexibility index (Phi) is 4.75. The van der Waals surface area contributed by atoms with E-state index in [0.717, 1.165) is 19.4 Å². The zero-order valence-electron chi connectivity index (χ0n) is 11.4. The predicted octanol–water partition coefficient (Wildman–Crippen LogP) is 4.32. The largest absolute Gasteiger partial charge is 0.373 e. The van der Waals surface area contributed by atoms with Gasteiger partial charge in [0.2, 0.25) is 0 Å². The lowest BCUT2D eigenvalue weighted by Gasteiger charge is -2.29. The molecule has 1 aliphatic heterocycles. The lowest BCUT2D eigenvalue weighted by Crippen LogP contribution is -2.23. The Bertz CT molecular complexity index is 583. The molecule has 0 radical (unpaired) electrons. The Morgan fingerprint density at radius 2 is 2.30 bits per heavy atom. The second kappa shape index (κ2) is 6.56. The summed E-state index contributed by atoms with van der Waals surface area (Å²) in [6.07, 6.45) is 2.23. The smallest absolute Gasteiger partial charge is 0.0845 e. The molecule has 3 rings (SSSR count). The van der Waals surface area contributed by atoms with Gasteiger partial charge >= 0.3 is 0 Å². The summed E-state index contributed by atoms with van der Waals surface area (Å²) in [5.41, 5.74) is 4.18. The van der Waals surface area contributed by atoms with Gasteiger partial charge in [-0.25, -0.2) is 0 Å². The molecule has 106 valence electrons. The number of nitrogens with one attached hydrogen (secondary N) is 1. The van der Waals surface area contributed by atoms with Crippen LogP contribution in [0.15, 0.2) is 35.7 Å². The highest BCUT2D eigenvalue weighted by atomic mass is 127. The van der Waals surface area contributed by atoms with Crippen molar-refractivity contribution in [3.05, 3.63) is 55.3 Å². The van der Waals surface area contributed by atoms with E-state index in [1.807, 2.05) is 7.05 Å². The number of benzene rings is 1. The topological polar surface area (TPSA) is 21.3 Å². The maximum absolute atomic E-state index is 6.03. The van der Waals surface area contributed by atoms with E-state index >= 15 is 0 Å². The van der Waals surface area contributed by atoms with E-state index in [4.69, 9.17) is 4.74 Å². The SMILES string of the molecule is CNC(CC1OCCc2ccccc21)c1csc(I)c1. The fraction of sp³-hybridized carbons (Fsp3) is 0.375. The van der Waals surface area contributed by atoms with E-state index in [9.17, 15) is 0 Å². The molecule has 0 fully saturated rings. The fourth-order valence-corrected chi connectivity index (χ4v) is 4.24. The van der Waals surface area contributed by atoms with Crippen LogP contribution in [0, 0.1) is 2.88 Å². The number of fused-ring (bicyclic) bond motifs is 1. The van der Waals surface area contributed by atoms with E-state index in [-0.39, 0.29) is 6.10 Å². The minimum atomic E-state index is 0.204.